The van der Waals surface area contributed by atoms with E-state index in [9.17, 15) is 10.2 Å². The minimum atomic E-state index is -0.699. The Morgan fingerprint density at radius 1 is 1.25 bits per heavy atom. The second-order valence-electron chi connectivity index (χ2n) is 8.02. The van der Waals surface area contributed by atoms with Gasteiger partial charge in [-0.1, -0.05) is 25.1 Å². The van der Waals surface area contributed by atoms with Crippen molar-refractivity contribution >= 4 is 17.0 Å². The van der Waals surface area contributed by atoms with E-state index in [1.54, 1.807) is 12.7 Å². The molecular formula is C20H23N5O3. The number of hydrogen-bond donors (Lipinski definition) is 2. The van der Waals surface area contributed by atoms with E-state index in [2.05, 4.69) is 26.8 Å². The van der Waals surface area contributed by atoms with Gasteiger partial charge in [0.1, 0.15) is 24.8 Å². The molecule has 0 bridgehead atoms. The highest BCUT2D eigenvalue weighted by molar-refractivity contribution is 5.83. The van der Waals surface area contributed by atoms with E-state index in [-0.39, 0.29) is 24.7 Å². The monoisotopic (exact) mass is 381 g/mol. The van der Waals surface area contributed by atoms with E-state index in [1.165, 1.54) is 0 Å². The van der Waals surface area contributed by atoms with E-state index in [0.29, 0.717) is 11.2 Å². The summed E-state index contributed by atoms with van der Waals surface area (Å²) in [7, 11) is 0. The number of rotatable bonds is 3. The lowest BCUT2D eigenvalue weighted by Gasteiger charge is -2.31. The molecule has 5 rings (SSSR count). The quantitative estimate of drug-likeness (QED) is 0.707. The number of aliphatic hydroxyl groups is 2. The van der Waals surface area contributed by atoms with Crippen molar-refractivity contribution < 1.29 is 14.9 Å². The first-order valence-corrected chi connectivity index (χ1v) is 9.53. The van der Waals surface area contributed by atoms with Gasteiger partial charge in [0.2, 0.25) is 0 Å². The Bertz CT molecular complexity index is 1020. The predicted molar refractivity (Wildman–Crippen MR) is 103 cm³/mol. The van der Waals surface area contributed by atoms with Gasteiger partial charge in [0.25, 0.3) is 0 Å². The van der Waals surface area contributed by atoms with E-state index >= 15 is 0 Å². The minimum Gasteiger partial charge on any atom is -0.490 e. The maximum atomic E-state index is 10.7. The van der Waals surface area contributed by atoms with Crippen LogP contribution in [0.1, 0.15) is 24.9 Å². The Kier molecular flexibility index (Phi) is 3.99. The molecule has 3 atom stereocenters. The van der Waals surface area contributed by atoms with Gasteiger partial charge in [-0.3, -0.25) is 0 Å². The molecule has 1 unspecified atom stereocenters. The van der Waals surface area contributed by atoms with Crippen LogP contribution < -0.4 is 9.64 Å². The molecule has 2 aromatic heterocycles. The van der Waals surface area contributed by atoms with Gasteiger partial charge in [-0.05, 0) is 12.5 Å². The second-order valence-corrected chi connectivity index (χ2v) is 8.02. The molecule has 1 aromatic carbocycles. The molecule has 0 spiro atoms. The van der Waals surface area contributed by atoms with Crippen molar-refractivity contribution in [3.8, 4) is 5.75 Å². The molecule has 28 heavy (non-hydrogen) atoms. The third-order valence-electron chi connectivity index (χ3n) is 5.89. The lowest BCUT2D eigenvalue weighted by molar-refractivity contribution is 0.0579. The summed E-state index contributed by atoms with van der Waals surface area (Å²) >= 11 is 0. The van der Waals surface area contributed by atoms with Crippen molar-refractivity contribution in [2.75, 3.05) is 31.2 Å². The summed E-state index contributed by atoms with van der Waals surface area (Å²) in [5, 5.41) is 20.4. The highest BCUT2D eigenvalue weighted by atomic mass is 16.5. The number of anilines is 1. The molecule has 1 fully saturated rings. The zero-order valence-corrected chi connectivity index (χ0v) is 15.7. The summed E-state index contributed by atoms with van der Waals surface area (Å²) in [4.78, 5) is 15.7. The average Bonchev–Trinajstić information content (AvgIpc) is 3.32. The number of aliphatic hydroxyl groups excluding tert-OH is 2. The molecule has 8 nitrogen and oxygen atoms in total. The Morgan fingerprint density at radius 2 is 2.11 bits per heavy atom. The Labute approximate surface area is 162 Å². The summed E-state index contributed by atoms with van der Waals surface area (Å²) in [5.74, 6) is 1.54. The molecule has 4 heterocycles. The van der Waals surface area contributed by atoms with Gasteiger partial charge in [0.05, 0.1) is 19.0 Å². The second kappa shape index (κ2) is 6.42. The number of hydrogen-bond acceptors (Lipinski definition) is 7. The van der Waals surface area contributed by atoms with Gasteiger partial charge in [0.15, 0.2) is 17.0 Å². The fourth-order valence-corrected chi connectivity index (χ4v) is 4.27. The van der Waals surface area contributed by atoms with Crippen LogP contribution in [0.25, 0.3) is 11.2 Å². The molecule has 2 N–H and O–H groups in total. The summed E-state index contributed by atoms with van der Waals surface area (Å²) in [6, 6.07) is 7.41. The maximum absolute atomic E-state index is 10.7. The van der Waals surface area contributed by atoms with Crippen molar-refractivity contribution in [3.05, 3.63) is 42.5 Å². The molecule has 0 aliphatic carbocycles. The van der Waals surface area contributed by atoms with Crippen LogP contribution in [-0.4, -0.2) is 62.1 Å². The maximum Gasteiger partial charge on any atom is 0.166 e. The van der Waals surface area contributed by atoms with Gasteiger partial charge in [-0.25, -0.2) is 15.0 Å². The van der Waals surface area contributed by atoms with Crippen molar-refractivity contribution in [2.45, 2.75) is 25.5 Å². The molecule has 0 radical (unpaired) electrons. The third-order valence-corrected chi connectivity index (χ3v) is 5.89. The Balaban J connectivity index is 1.58. The lowest BCUT2D eigenvalue weighted by atomic mass is 9.91. The molecule has 146 valence electrons. The van der Waals surface area contributed by atoms with Crippen molar-refractivity contribution in [1.29, 1.82) is 0 Å². The number of imidazole rings is 1. The predicted octanol–water partition coefficient (Wildman–Crippen LogP) is 1.38. The highest BCUT2D eigenvalue weighted by Gasteiger charge is 2.36. The average molecular weight is 381 g/mol. The van der Waals surface area contributed by atoms with Gasteiger partial charge >= 0.3 is 0 Å². The number of nitrogens with zero attached hydrogens (tertiary/aromatic N) is 5. The zero-order chi connectivity index (χ0) is 19.3. The van der Waals surface area contributed by atoms with Crippen LogP contribution in [0.4, 0.5) is 5.82 Å². The van der Waals surface area contributed by atoms with Crippen molar-refractivity contribution in [1.82, 2.24) is 19.5 Å². The molecule has 8 heteroatoms. The van der Waals surface area contributed by atoms with Crippen LogP contribution >= 0.6 is 0 Å². The van der Waals surface area contributed by atoms with E-state index in [1.807, 2.05) is 28.8 Å². The minimum absolute atomic E-state index is 0.129. The molecule has 2 aliphatic rings. The van der Waals surface area contributed by atoms with Crippen molar-refractivity contribution in [3.63, 3.8) is 0 Å². The first kappa shape index (κ1) is 17.4. The smallest absolute Gasteiger partial charge is 0.166 e. The third kappa shape index (κ3) is 2.63. The highest BCUT2D eigenvalue weighted by Crippen LogP contribution is 2.38. The normalized spacial score (nSPS) is 27.0. The SMILES string of the molecule is CC1(CO)CCN(c2ncnc3c2ncn3[C@H]2c3ccccc3OC[C@H]2O)C1. The summed E-state index contributed by atoms with van der Waals surface area (Å²) in [6.45, 7) is 4.00. The summed E-state index contributed by atoms with van der Waals surface area (Å²) < 4.78 is 7.58. The zero-order valence-electron chi connectivity index (χ0n) is 15.7. The number of fused-ring (bicyclic) bond motifs is 2. The fourth-order valence-electron chi connectivity index (χ4n) is 4.27. The van der Waals surface area contributed by atoms with Gasteiger partial charge in [-0.2, -0.15) is 0 Å². The van der Waals surface area contributed by atoms with Crippen LogP contribution in [0.15, 0.2) is 36.9 Å². The van der Waals surface area contributed by atoms with Gasteiger partial charge in [-0.15, -0.1) is 0 Å². The van der Waals surface area contributed by atoms with Crippen LogP contribution in [0.5, 0.6) is 5.75 Å². The number of benzene rings is 1. The molecule has 0 amide bonds. The molecular weight excluding hydrogens is 358 g/mol. The molecule has 2 aliphatic heterocycles. The molecule has 3 aromatic rings. The van der Waals surface area contributed by atoms with Gasteiger partial charge < -0.3 is 24.4 Å². The number of para-hydroxylation sites is 1. The molecule has 0 saturated carbocycles. The standard InChI is InChI=1S/C20H23N5O3/c1-20(10-26)6-7-24(9-20)18-16-19(22-11-21-18)25(12-23-16)17-13-4-2-3-5-15(13)28-8-14(17)27/h2-5,11-12,14,17,26-27H,6-10H2,1H3/t14-,17+,20?/m1/s1. The topological polar surface area (TPSA) is 96.5 Å². The summed E-state index contributed by atoms with van der Waals surface area (Å²) in [5.41, 5.74) is 2.18. The van der Waals surface area contributed by atoms with E-state index in [4.69, 9.17) is 4.74 Å². The number of ether oxygens (including phenoxy) is 1. The van der Waals surface area contributed by atoms with Crippen LogP contribution in [-0.2, 0) is 0 Å². The van der Waals surface area contributed by atoms with E-state index in [0.717, 1.165) is 36.6 Å². The van der Waals surface area contributed by atoms with Crippen molar-refractivity contribution in [2.24, 2.45) is 5.41 Å². The fraction of sp³-hybridized carbons (Fsp3) is 0.450. The number of aromatic nitrogens is 4. The first-order valence-electron chi connectivity index (χ1n) is 9.53. The molecule has 1 saturated heterocycles. The van der Waals surface area contributed by atoms with Gasteiger partial charge in [0, 0.05) is 24.1 Å². The van der Waals surface area contributed by atoms with Crippen LogP contribution in [0.2, 0.25) is 0 Å². The van der Waals surface area contributed by atoms with Crippen LogP contribution in [0, 0.1) is 5.41 Å². The Morgan fingerprint density at radius 3 is 2.93 bits per heavy atom. The Hall–Kier alpha value is -2.71. The van der Waals surface area contributed by atoms with E-state index < -0.39 is 6.10 Å². The summed E-state index contributed by atoms with van der Waals surface area (Å²) in [6.07, 6.45) is 3.47. The van der Waals surface area contributed by atoms with Crippen LogP contribution in [0.3, 0.4) is 0 Å². The largest absolute Gasteiger partial charge is 0.490 e. The lowest BCUT2D eigenvalue weighted by Crippen LogP contribution is -2.34. The first-order chi connectivity index (χ1) is 13.6.